The zero-order valence-corrected chi connectivity index (χ0v) is 19.3. The second-order valence-corrected chi connectivity index (χ2v) is 10.1. The van der Waals surface area contributed by atoms with Crippen molar-refractivity contribution in [3.8, 4) is 0 Å². The highest BCUT2D eigenvalue weighted by atomic mass is 19.4. The lowest BCUT2D eigenvalue weighted by atomic mass is 9.30. The van der Waals surface area contributed by atoms with E-state index in [0.717, 1.165) is 35.4 Å². The molecule has 3 fully saturated rings. The number of benzene rings is 1. The van der Waals surface area contributed by atoms with Crippen LogP contribution in [0.15, 0.2) is 47.7 Å². The molecule has 0 radical (unpaired) electrons. The van der Waals surface area contributed by atoms with Gasteiger partial charge in [-0.15, -0.1) is 5.10 Å². The molecule has 15 heteroatoms. The SMILES string of the molecule is O=c1ccc(C23CC(C(F)(F)[C@@](O)(Cn4cnnn4)c4ccc(F)cc4F)(C2)C3)cn1C[C@@H](O)C(F)(F)F. The largest absolute Gasteiger partial charge is 0.416 e. The molecule has 3 aliphatic rings. The highest BCUT2D eigenvalue weighted by Gasteiger charge is 2.82. The molecule has 2 aromatic heterocycles. The van der Waals surface area contributed by atoms with Crippen molar-refractivity contribution < 1.29 is 40.9 Å². The molecule has 3 aromatic rings. The van der Waals surface area contributed by atoms with Crippen molar-refractivity contribution in [2.75, 3.05) is 0 Å². The normalized spacial score (nSPS) is 25.3. The molecular formula is C23H20F7N5O3. The molecule has 1 aromatic carbocycles. The number of aliphatic hydroxyl groups is 2. The third-order valence-corrected chi connectivity index (χ3v) is 7.72. The van der Waals surface area contributed by atoms with E-state index < -0.39 is 70.5 Å². The van der Waals surface area contributed by atoms with Crippen molar-refractivity contribution in [2.24, 2.45) is 5.41 Å². The lowest BCUT2D eigenvalue weighted by Crippen LogP contribution is -2.76. The molecule has 3 saturated carbocycles. The van der Waals surface area contributed by atoms with E-state index in [-0.39, 0.29) is 19.3 Å². The van der Waals surface area contributed by atoms with E-state index in [0.29, 0.717) is 16.2 Å². The van der Waals surface area contributed by atoms with Gasteiger partial charge in [0.05, 0.1) is 13.1 Å². The lowest BCUT2D eigenvalue weighted by molar-refractivity contribution is -0.347. The van der Waals surface area contributed by atoms with E-state index in [2.05, 4.69) is 15.5 Å². The predicted octanol–water partition coefficient (Wildman–Crippen LogP) is 2.68. The minimum absolute atomic E-state index is 0.228. The fraction of sp³-hybridized carbons (Fsp3) is 0.478. The molecule has 0 spiro atoms. The summed E-state index contributed by atoms with van der Waals surface area (Å²) in [6, 6.07) is 4.16. The van der Waals surface area contributed by atoms with Gasteiger partial charge in [-0.1, -0.05) is 6.07 Å². The van der Waals surface area contributed by atoms with E-state index in [9.17, 15) is 37.0 Å². The highest BCUT2D eigenvalue weighted by Crippen LogP contribution is 2.80. The van der Waals surface area contributed by atoms with Crippen LogP contribution in [-0.4, -0.2) is 53.2 Å². The van der Waals surface area contributed by atoms with Gasteiger partial charge < -0.3 is 14.8 Å². The Morgan fingerprint density at radius 3 is 2.32 bits per heavy atom. The first kappa shape index (κ1) is 26.3. The van der Waals surface area contributed by atoms with Crippen LogP contribution in [0.1, 0.15) is 30.4 Å². The molecule has 0 aliphatic heterocycles. The number of aromatic nitrogens is 5. The third-order valence-electron chi connectivity index (χ3n) is 7.72. The monoisotopic (exact) mass is 547 g/mol. The second kappa shape index (κ2) is 8.33. The Morgan fingerprint density at radius 2 is 1.74 bits per heavy atom. The molecule has 0 unspecified atom stereocenters. The van der Waals surface area contributed by atoms with Gasteiger partial charge in [-0.2, -0.15) is 13.2 Å². The number of nitrogens with zero attached hydrogens (tertiary/aromatic N) is 5. The summed E-state index contributed by atoms with van der Waals surface area (Å²) in [4.78, 5) is 12.0. The summed E-state index contributed by atoms with van der Waals surface area (Å²) in [5.41, 5.74) is -7.29. The van der Waals surface area contributed by atoms with Crippen LogP contribution in [0.3, 0.4) is 0 Å². The molecule has 6 rings (SSSR count). The van der Waals surface area contributed by atoms with Gasteiger partial charge in [0.2, 0.25) is 0 Å². The van der Waals surface area contributed by atoms with E-state index in [1.54, 1.807) is 0 Å². The summed E-state index contributed by atoms with van der Waals surface area (Å²) in [7, 11) is 0. The van der Waals surface area contributed by atoms with Crippen molar-refractivity contribution in [1.82, 2.24) is 24.8 Å². The molecule has 38 heavy (non-hydrogen) atoms. The van der Waals surface area contributed by atoms with E-state index >= 15 is 8.78 Å². The summed E-state index contributed by atoms with van der Waals surface area (Å²) in [6.45, 7) is -2.02. The first-order valence-electron chi connectivity index (χ1n) is 11.3. The Hall–Kier alpha value is -3.33. The van der Waals surface area contributed by atoms with Gasteiger partial charge in [0.1, 0.15) is 18.0 Å². The fourth-order valence-corrected chi connectivity index (χ4v) is 5.81. The number of alkyl halides is 5. The van der Waals surface area contributed by atoms with Crippen LogP contribution in [0.25, 0.3) is 0 Å². The van der Waals surface area contributed by atoms with E-state index in [1.807, 2.05) is 0 Å². The summed E-state index contributed by atoms with van der Waals surface area (Å²) in [5, 5.41) is 30.9. The van der Waals surface area contributed by atoms with Gasteiger partial charge in [0, 0.05) is 29.3 Å². The van der Waals surface area contributed by atoms with Crippen molar-refractivity contribution in [3.63, 3.8) is 0 Å². The first-order chi connectivity index (χ1) is 17.6. The topological polar surface area (TPSA) is 106 Å². The van der Waals surface area contributed by atoms with Gasteiger partial charge in [0.25, 0.3) is 11.5 Å². The standard InChI is InChI=1S/C23H20F7N5O3/c24-14-2-3-15(16(25)5-14)21(38,11-35-12-31-32-33-35)23(29,30)20-8-19(9-20,10-20)13-1-4-18(37)34(6-13)7-17(36)22(26,27)28/h1-6,12,17,36,38H,7-11H2/t17-,19?,20?,21-/m1/s1. The summed E-state index contributed by atoms with van der Waals surface area (Å²) < 4.78 is 100. The van der Waals surface area contributed by atoms with Gasteiger partial charge in [-0.25, -0.2) is 22.2 Å². The molecule has 0 amide bonds. The third kappa shape index (κ3) is 3.82. The van der Waals surface area contributed by atoms with Crippen LogP contribution >= 0.6 is 0 Å². The Labute approximate surface area is 209 Å². The van der Waals surface area contributed by atoms with Gasteiger partial charge in [-0.05, 0) is 52.8 Å². The Bertz CT molecular complexity index is 1410. The molecule has 2 bridgehead atoms. The number of hydrogen-bond donors (Lipinski definition) is 2. The zero-order chi connectivity index (χ0) is 27.7. The van der Waals surface area contributed by atoms with Crippen molar-refractivity contribution in [1.29, 1.82) is 0 Å². The average molecular weight is 547 g/mol. The summed E-state index contributed by atoms with van der Waals surface area (Å²) in [5.74, 6) is -6.42. The smallest absolute Gasteiger partial charge is 0.382 e. The van der Waals surface area contributed by atoms with Crippen molar-refractivity contribution in [3.05, 3.63) is 76.0 Å². The number of hydrogen-bond acceptors (Lipinski definition) is 6. The number of tetrazole rings is 1. The maximum absolute atomic E-state index is 16.2. The molecule has 2 N–H and O–H groups in total. The Kier molecular flexibility index (Phi) is 5.76. The summed E-state index contributed by atoms with van der Waals surface area (Å²) in [6.07, 6.45) is -6.39. The molecule has 2 atom stereocenters. The van der Waals surface area contributed by atoms with Crippen LogP contribution in [0, 0.1) is 17.0 Å². The predicted molar refractivity (Wildman–Crippen MR) is 114 cm³/mol. The number of aliphatic hydroxyl groups excluding tert-OH is 1. The van der Waals surface area contributed by atoms with Crippen LogP contribution in [0.4, 0.5) is 30.7 Å². The maximum atomic E-state index is 16.2. The minimum Gasteiger partial charge on any atom is -0.382 e. The van der Waals surface area contributed by atoms with E-state index in [4.69, 9.17) is 0 Å². The quantitative estimate of drug-likeness (QED) is 0.421. The Balaban J connectivity index is 1.45. The fourth-order valence-electron chi connectivity index (χ4n) is 5.81. The average Bonchev–Trinajstić information content (AvgIpc) is 3.25. The minimum atomic E-state index is -4.96. The molecule has 8 nitrogen and oxygen atoms in total. The highest BCUT2D eigenvalue weighted by molar-refractivity contribution is 5.42. The Morgan fingerprint density at radius 1 is 1.05 bits per heavy atom. The molecular weight excluding hydrogens is 527 g/mol. The molecule has 3 aliphatic carbocycles. The number of halogens is 7. The van der Waals surface area contributed by atoms with Gasteiger partial charge in [0.15, 0.2) is 11.7 Å². The number of pyridine rings is 1. The molecule has 0 saturated heterocycles. The second-order valence-electron chi connectivity index (χ2n) is 10.1. The zero-order valence-electron chi connectivity index (χ0n) is 19.3. The maximum Gasteiger partial charge on any atom is 0.416 e. The van der Waals surface area contributed by atoms with Crippen LogP contribution in [-0.2, 0) is 24.1 Å². The van der Waals surface area contributed by atoms with Crippen LogP contribution in [0.5, 0.6) is 0 Å². The molecule has 2 heterocycles. The first-order valence-corrected chi connectivity index (χ1v) is 11.3. The van der Waals surface area contributed by atoms with Crippen LogP contribution in [0.2, 0.25) is 0 Å². The van der Waals surface area contributed by atoms with Crippen molar-refractivity contribution >= 4 is 0 Å². The van der Waals surface area contributed by atoms with Crippen LogP contribution < -0.4 is 5.56 Å². The lowest BCUT2D eigenvalue weighted by Gasteiger charge is -2.74. The number of rotatable bonds is 8. The van der Waals surface area contributed by atoms with Crippen molar-refractivity contribution in [2.45, 2.75) is 61.6 Å². The van der Waals surface area contributed by atoms with Gasteiger partial charge >= 0.3 is 6.18 Å². The van der Waals surface area contributed by atoms with Gasteiger partial charge in [-0.3, -0.25) is 4.79 Å². The molecule has 204 valence electrons. The summed E-state index contributed by atoms with van der Waals surface area (Å²) >= 11 is 0. The van der Waals surface area contributed by atoms with E-state index in [1.165, 1.54) is 6.07 Å².